The minimum absolute atomic E-state index is 0.837. The van der Waals surface area contributed by atoms with Gasteiger partial charge >= 0.3 is 0 Å². The molecule has 0 radical (unpaired) electrons. The second-order valence-corrected chi connectivity index (χ2v) is 6.12. The molecule has 5 aliphatic carbocycles. The molecule has 2 heteroatoms. The van der Waals surface area contributed by atoms with Gasteiger partial charge in [0.2, 0.25) is 0 Å². The highest BCUT2D eigenvalue weighted by Gasteiger charge is 2.81. The first kappa shape index (κ1) is 7.59. The molecule has 0 spiro atoms. The minimum Gasteiger partial charge on any atom is -0.297 e. The lowest BCUT2D eigenvalue weighted by atomic mass is 9.59. The van der Waals surface area contributed by atoms with E-state index < -0.39 is 0 Å². The van der Waals surface area contributed by atoms with Crippen LogP contribution in [0.15, 0.2) is 9.98 Å². The molecule has 0 heterocycles. The van der Waals surface area contributed by atoms with Gasteiger partial charge in [0.1, 0.15) is 0 Å². The maximum Gasteiger partial charge on any atom is 0.0276 e. The summed E-state index contributed by atoms with van der Waals surface area (Å²) < 4.78 is 0. The van der Waals surface area contributed by atoms with Crippen LogP contribution in [0, 0.1) is 47.3 Å². The quantitative estimate of drug-likeness (QED) is 0.566. The summed E-state index contributed by atoms with van der Waals surface area (Å²) in [7, 11) is 4.03. The molecular weight excluding hydrogens is 184 g/mol. The number of rotatable bonds is 0. The molecule has 5 aliphatic rings. The van der Waals surface area contributed by atoms with Crippen LogP contribution in [0.25, 0.3) is 0 Å². The monoisotopic (exact) mass is 200 g/mol. The van der Waals surface area contributed by atoms with Crippen LogP contribution < -0.4 is 0 Å². The van der Waals surface area contributed by atoms with Crippen molar-refractivity contribution in [2.24, 2.45) is 57.3 Å². The van der Waals surface area contributed by atoms with Gasteiger partial charge in [-0.2, -0.15) is 0 Å². The van der Waals surface area contributed by atoms with Crippen molar-refractivity contribution in [1.29, 1.82) is 0 Å². The Labute approximate surface area is 89.9 Å². The minimum atomic E-state index is 0.837. The Morgan fingerprint density at radius 3 is 1.67 bits per heavy atom. The topological polar surface area (TPSA) is 24.7 Å². The molecule has 0 aromatic carbocycles. The van der Waals surface area contributed by atoms with Gasteiger partial charge in [0, 0.05) is 49.2 Å². The van der Waals surface area contributed by atoms with Crippen LogP contribution in [0.3, 0.4) is 0 Å². The van der Waals surface area contributed by atoms with E-state index in [4.69, 9.17) is 0 Å². The molecular formula is C13H16N2. The van der Waals surface area contributed by atoms with Gasteiger partial charge < -0.3 is 0 Å². The molecule has 0 aromatic heterocycles. The average molecular weight is 200 g/mol. The fourth-order valence-corrected chi connectivity index (χ4v) is 6.46. The number of hydrogen-bond donors (Lipinski definition) is 0. The van der Waals surface area contributed by atoms with E-state index in [0.717, 1.165) is 47.3 Å². The number of hydrogen-bond acceptors (Lipinski definition) is 2. The fourth-order valence-electron chi connectivity index (χ4n) is 6.46. The zero-order valence-electron chi connectivity index (χ0n) is 9.22. The average Bonchev–Trinajstić information content (AvgIpc) is 2.73. The fraction of sp³-hybridized carbons (Fsp3) is 0.846. The van der Waals surface area contributed by atoms with Crippen LogP contribution in [-0.2, 0) is 0 Å². The Balaban J connectivity index is 1.83. The summed E-state index contributed by atoms with van der Waals surface area (Å²) in [6.45, 7) is 0. The molecule has 5 saturated carbocycles. The van der Waals surface area contributed by atoms with Gasteiger partial charge in [-0.05, 0) is 30.1 Å². The van der Waals surface area contributed by atoms with Crippen molar-refractivity contribution < 1.29 is 0 Å². The molecule has 2 bridgehead atoms. The highest BCUT2D eigenvalue weighted by Crippen LogP contribution is 2.80. The highest BCUT2D eigenvalue weighted by molar-refractivity contribution is 6.10. The Kier molecular flexibility index (Phi) is 0.982. The zero-order chi connectivity index (χ0) is 9.89. The number of aliphatic imine (C=N–C) groups is 2. The van der Waals surface area contributed by atoms with Crippen LogP contribution in [-0.4, -0.2) is 25.5 Å². The molecule has 5 rings (SSSR count). The van der Waals surface area contributed by atoms with Gasteiger partial charge in [0.05, 0.1) is 0 Å². The van der Waals surface area contributed by atoms with Gasteiger partial charge in [-0.25, -0.2) is 0 Å². The van der Waals surface area contributed by atoms with Crippen molar-refractivity contribution in [3.05, 3.63) is 0 Å². The maximum absolute atomic E-state index is 4.64. The van der Waals surface area contributed by atoms with Gasteiger partial charge in [0.15, 0.2) is 0 Å². The molecule has 0 amide bonds. The van der Waals surface area contributed by atoms with Gasteiger partial charge in [-0.1, -0.05) is 0 Å². The summed E-state index contributed by atoms with van der Waals surface area (Å²) in [5.41, 5.74) is 3.20. The maximum atomic E-state index is 4.64. The number of fused-ring (bicyclic) bond motifs is 2. The lowest BCUT2D eigenvalue weighted by molar-refractivity contribution is 0.0655. The van der Waals surface area contributed by atoms with E-state index in [1.54, 1.807) is 11.4 Å². The van der Waals surface area contributed by atoms with Crippen LogP contribution in [0.1, 0.15) is 6.42 Å². The van der Waals surface area contributed by atoms with Crippen molar-refractivity contribution in [3.8, 4) is 0 Å². The van der Waals surface area contributed by atoms with E-state index in [-0.39, 0.29) is 0 Å². The van der Waals surface area contributed by atoms with Crippen molar-refractivity contribution >= 4 is 11.4 Å². The molecule has 15 heavy (non-hydrogen) atoms. The molecule has 2 nitrogen and oxygen atoms in total. The summed E-state index contributed by atoms with van der Waals surface area (Å²) in [5, 5.41) is 0. The van der Waals surface area contributed by atoms with Crippen LogP contribution in [0.2, 0.25) is 0 Å². The number of nitrogens with zero attached hydrogens (tertiary/aromatic N) is 2. The van der Waals surface area contributed by atoms with E-state index >= 15 is 0 Å². The Hall–Kier alpha value is -0.660. The lowest BCUT2D eigenvalue weighted by Gasteiger charge is -2.45. The molecule has 0 N–H and O–H groups in total. The van der Waals surface area contributed by atoms with Crippen LogP contribution >= 0.6 is 0 Å². The van der Waals surface area contributed by atoms with Gasteiger partial charge in [-0.15, -0.1) is 0 Å². The third-order valence-electron chi connectivity index (χ3n) is 6.39. The zero-order valence-corrected chi connectivity index (χ0v) is 9.22. The summed E-state index contributed by atoms with van der Waals surface area (Å²) in [6.07, 6.45) is 1.51. The first-order chi connectivity index (χ1) is 7.38. The SMILES string of the molecule is CN=C1C2C3CC4C2C(=NC)C2C1C3C42. The van der Waals surface area contributed by atoms with E-state index in [1.807, 2.05) is 14.1 Å². The molecule has 8 unspecified atom stereocenters. The third kappa shape index (κ3) is 0.487. The lowest BCUT2D eigenvalue weighted by Crippen LogP contribution is -2.48. The summed E-state index contributed by atoms with van der Waals surface area (Å²) in [4.78, 5) is 9.27. The van der Waals surface area contributed by atoms with Crippen molar-refractivity contribution in [1.82, 2.24) is 0 Å². The predicted octanol–water partition coefficient (Wildman–Crippen LogP) is 1.52. The second kappa shape index (κ2) is 1.94. The van der Waals surface area contributed by atoms with E-state index in [2.05, 4.69) is 9.98 Å². The molecule has 0 saturated heterocycles. The molecule has 78 valence electrons. The van der Waals surface area contributed by atoms with E-state index in [1.165, 1.54) is 6.42 Å². The summed E-state index contributed by atoms with van der Waals surface area (Å²) >= 11 is 0. The van der Waals surface area contributed by atoms with Crippen LogP contribution in [0.4, 0.5) is 0 Å². The van der Waals surface area contributed by atoms with Gasteiger partial charge in [-0.3, -0.25) is 9.98 Å². The van der Waals surface area contributed by atoms with E-state index in [0.29, 0.717) is 0 Å². The Morgan fingerprint density at radius 2 is 1.27 bits per heavy atom. The molecule has 5 fully saturated rings. The first-order valence-corrected chi connectivity index (χ1v) is 6.31. The summed E-state index contributed by atoms with van der Waals surface area (Å²) in [5.74, 6) is 7.48. The standard InChI is InChI=1S/C13H16N2/c1-14-12-8-4-3-5-7-6(4)10(12)11(7)13(15-2)9(5)8/h4-11H,3H2,1-2H3. The molecule has 0 aromatic rings. The van der Waals surface area contributed by atoms with Crippen molar-refractivity contribution in [2.45, 2.75) is 6.42 Å². The second-order valence-electron chi connectivity index (χ2n) is 6.12. The predicted molar refractivity (Wildman–Crippen MR) is 59.3 cm³/mol. The smallest absolute Gasteiger partial charge is 0.0276 e. The molecule has 8 atom stereocenters. The third-order valence-corrected chi connectivity index (χ3v) is 6.39. The van der Waals surface area contributed by atoms with Crippen molar-refractivity contribution in [2.75, 3.05) is 14.1 Å². The van der Waals surface area contributed by atoms with E-state index in [9.17, 15) is 0 Å². The largest absolute Gasteiger partial charge is 0.297 e. The molecule has 0 aliphatic heterocycles. The normalized spacial score (nSPS) is 71.3. The first-order valence-electron chi connectivity index (χ1n) is 6.31. The van der Waals surface area contributed by atoms with Gasteiger partial charge in [0.25, 0.3) is 0 Å². The Bertz CT molecular complexity index is 392. The Morgan fingerprint density at radius 1 is 0.800 bits per heavy atom. The summed E-state index contributed by atoms with van der Waals surface area (Å²) in [6, 6.07) is 0. The highest BCUT2D eigenvalue weighted by atomic mass is 14.9. The van der Waals surface area contributed by atoms with Crippen molar-refractivity contribution in [3.63, 3.8) is 0 Å². The van der Waals surface area contributed by atoms with Crippen LogP contribution in [0.5, 0.6) is 0 Å².